The highest BCUT2D eigenvalue weighted by Gasteiger charge is 2.26. The zero-order valence-electron chi connectivity index (χ0n) is 14.2. The van der Waals surface area contributed by atoms with Gasteiger partial charge in [0.25, 0.3) is 0 Å². The molecule has 0 heterocycles. The lowest BCUT2D eigenvalue weighted by Crippen LogP contribution is -2.52. The number of unbranched alkanes of at least 4 members (excludes halogenated alkanes) is 1. The number of alkyl halides is 1. The summed E-state index contributed by atoms with van der Waals surface area (Å²) in [5, 5.41) is 7.91. The van der Waals surface area contributed by atoms with Crippen LogP contribution in [0.25, 0.3) is 0 Å². The Morgan fingerprint density at radius 3 is 2.12 bits per heavy atom. The molecule has 0 aliphatic carbocycles. The van der Waals surface area contributed by atoms with E-state index < -0.39 is 12.1 Å². The molecule has 0 unspecified atom stereocenters. The van der Waals surface area contributed by atoms with Gasteiger partial charge >= 0.3 is 0 Å². The molecule has 0 aliphatic rings. The van der Waals surface area contributed by atoms with E-state index in [1.807, 2.05) is 13.8 Å². The fourth-order valence-electron chi connectivity index (χ4n) is 1.83. The largest absolute Gasteiger partial charge is 0.355 e. The number of hydrogen-bond donors (Lipinski definition) is 3. The minimum Gasteiger partial charge on any atom is -0.355 e. The van der Waals surface area contributed by atoms with Gasteiger partial charge in [0.2, 0.25) is 21.5 Å². The van der Waals surface area contributed by atoms with Gasteiger partial charge in [0.05, 0.1) is 6.04 Å². The van der Waals surface area contributed by atoms with E-state index in [-0.39, 0.29) is 39.7 Å². The Hall–Kier alpha value is -0.900. The summed E-state index contributed by atoms with van der Waals surface area (Å²) in [6.07, 6.45) is 1.49. The summed E-state index contributed by atoms with van der Waals surface area (Å²) in [5.74, 6) is -1.03. The van der Waals surface area contributed by atoms with Crippen molar-refractivity contribution in [3.8, 4) is 0 Å². The van der Waals surface area contributed by atoms with E-state index in [4.69, 9.17) is 11.6 Å². The van der Waals surface area contributed by atoms with Gasteiger partial charge in [0, 0.05) is 35.6 Å². The van der Waals surface area contributed by atoms with Gasteiger partial charge in [0.15, 0.2) is 0 Å². The molecule has 0 radical (unpaired) electrons. The van der Waals surface area contributed by atoms with Crippen molar-refractivity contribution in [1.82, 2.24) is 16.0 Å². The van der Waals surface area contributed by atoms with Gasteiger partial charge in [-0.25, -0.2) is 0 Å². The molecule has 3 amide bonds. The van der Waals surface area contributed by atoms with Crippen molar-refractivity contribution in [1.29, 1.82) is 0 Å². The Balaban J connectivity index is 4.26. The first-order valence-corrected chi connectivity index (χ1v) is 9.42. The van der Waals surface area contributed by atoms with Crippen LogP contribution >= 0.6 is 34.2 Å². The van der Waals surface area contributed by atoms with E-state index in [1.54, 1.807) is 29.5 Å². The van der Waals surface area contributed by atoms with Crippen molar-refractivity contribution in [2.24, 2.45) is 5.92 Å². The third kappa shape index (κ3) is 10.1. The predicted octanol–water partition coefficient (Wildman–Crippen LogP) is 1.12. The summed E-state index contributed by atoms with van der Waals surface area (Å²) in [6, 6.07) is -1.28. The van der Waals surface area contributed by atoms with Crippen LogP contribution in [0.1, 0.15) is 40.0 Å². The monoisotopic (exact) mass is 473 g/mol. The van der Waals surface area contributed by atoms with Crippen LogP contribution in [0.3, 0.4) is 0 Å². The number of carbonyl (C=O) groups is 4. The number of carbonyl (C=O) groups excluding carboxylic acids is 4. The number of nitrogens with one attached hydrogen (secondary N) is 3. The first kappa shape index (κ1) is 23.1. The van der Waals surface area contributed by atoms with Crippen molar-refractivity contribution >= 4 is 55.7 Å². The molecule has 0 aromatic heterocycles. The predicted molar refractivity (Wildman–Crippen MR) is 101 cm³/mol. The van der Waals surface area contributed by atoms with E-state index in [0.29, 0.717) is 19.4 Å². The van der Waals surface area contributed by atoms with E-state index in [2.05, 4.69) is 16.0 Å². The molecule has 0 rings (SSSR count). The second-order valence-corrected chi connectivity index (χ2v) is 7.09. The average molecular weight is 474 g/mol. The highest BCUT2D eigenvalue weighted by atomic mass is 127. The smallest absolute Gasteiger partial charge is 0.243 e. The third-order valence-electron chi connectivity index (χ3n) is 3.24. The summed E-state index contributed by atoms with van der Waals surface area (Å²) in [7, 11) is 0. The standard InChI is InChI=1S/C15H25ClIN3O4/c1-9(2)13(15(24)19-10(3)14(17)23)20-11(21)6-4-5-7-18-12(22)8-16/h9-10,13H,4-8H2,1-3H3,(H,18,22)(H,19,24)(H,20,21)/t10-,13-/m0/s1. The minimum atomic E-state index is -0.688. The molecule has 24 heavy (non-hydrogen) atoms. The summed E-state index contributed by atoms with van der Waals surface area (Å²) in [6.45, 7) is 5.70. The lowest BCUT2D eigenvalue weighted by Gasteiger charge is -2.23. The van der Waals surface area contributed by atoms with Crippen LogP contribution in [-0.4, -0.2) is 46.0 Å². The summed E-state index contributed by atoms with van der Waals surface area (Å²) in [5.41, 5.74) is 0. The second kappa shape index (κ2) is 12.5. The third-order valence-corrected chi connectivity index (χ3v) is 4.42. The topological polar surface area (TPSA) is 104 Å². The Morgan fingerprint density at radius 2 is 1.62 bits per heavy atom. The average Bonchev–Trinajstić information content (AvgIpc) is 2.51. The molecule has 7 nitrogen and oxygen atoms in total. The van der Waals surface area contributed by atoms with Crippen LogP contribution in [-0.2, 0) is 19.2 Å². The van der Waals surface area contributed by atoms with E-state index in [9.17, 15) is 19.2 Å². The van der Waals surface area contributed by atoms with Crippen LogP contribution in [0.5, 0.6) is 0 Å². The maximum Gasteiger partial charge on any atom is 0.243 e. The van der Waals surface area contributed by atoms with Gasteiger partial charge in [-0.2, -0.15) is 0 Å². The lowest BCUT2D eigenvalue weighted by molar-refractivity contribution is -0.131. The van der Waals surface area contributed by atoms with Crippen LogP contribution in [0.4, 0.5) is 0 Å². The SMILES string of the molecule is CC(C)[C@H](NC(=O)CCCCNC(=O)CCl)C(=O)N[C@@H](C)C(=O)I. The van der Waals surface area contributed by atoms with Crippen molar-refractivity contribution in [2.45, 2.75) is 52.1 Å². The van der Waals surface area contributed by atoms with Gasteiger partial charge in [0.1, 0.15) is 11.9 Å². The fourth-order valence-corrected chi connectivity index (χ4v) is 2.08. The highest BCUT2D eigenvalue weighted by molar-refractivity contribution is 14.1. The number of rotatable bonds is 11. The Morgan fingerprint density at radius 1 is 1.00 bits per heavy atom. The molecule has 0 aromatic rings. The minimum absolute atomic E-state index is 0.0795. The van der Waals surface area contributed by atoms with Crippen molar-refractivity contribution in [3.63, 3.8) is 0 Å². The molecule has 3 N–H and O–H groups in total. The summed E-state index contributed by atoms with van der Waals surface area (Å²) in [4.78, 5) is 46.3. The van der Waals surface area contributed by atoms with Gasteiger partial charge in [-0.3, -0.25) is 19.2 Å². The van der Waals surface area contributed by atoms with E-state index >= 15 is 0 Å². The zero-order chi connectivity index (χ0) is 18.7. The molecule has 0 aromatic carbocycles. The van der Waals surface area contributed by atoms with Crippen LogP contribution in [0.2, 0.25) is 0 Å². The maximum atomic E-state index is 12.2. The zero-order valence-corrected chi connectivity index (χ0v) is 17.1. The molecule has 0 saturated heterocycles. The molecule has 0 fully saturated rings. The van der Waals surface area contributed by atoms with Gasteiger partial charge < -0.3 is 16.0 Å². The lowest BCUT2D eigenvalue weighted by atomic mass is 10.0. The van der Waals surface area contributed by atoms with Crippen molar-refractivity contribution < 1.29 is 19.2 Å². The molecular formula is C15H25ClIN3O4. The first-order chi connectivity index (χ1) is 11.2. The van der Waals surface area contributed by atoms with E-state index in [1.165, 1.54) is 0 Å². The van der Waals surface area contributed by atoms with Gasteiger partial charge in [-0.15, -0.1) is 11.6 Å². The van der Waals surface area contributed by atoms with Gasteiger partial charge in [-0.1, -0.05) is 13.8 Å². The number of hydrogen-bond acceptors (Lipinski definition) is 4. The van der Waals surface area contributed by atoms with Crippen molar-refractivity contribution in [3.05, 3.63) is 0 Å². The molecule has 2 atom stereocenters. The molecule has 0 bridgehead atoms. The molecule has 0 aliphatic heterocycles. The summed E-state index contributed by atoms with van der Waals surface area (Å²) >= 11 is 6.97. The fraction of sp³-hybridized carbons (Fsp3) is 0.733. The maximum absolute atomic E-state index is 12.2. The molecule has 138 valence electrons. The molecule has 0 saturated carbocycles. The normalized spacial score (nSPS) is 13.1. The number of amides is 3. The van der Waals surface area contributed by atoms with Gasteiger partial charge in [-0.05, 0) is 25.7 Å². The first-order valence-electron chi connectivity index (χ1n) is 7.80. The molecule has 9 heteroatoms. The van der Waals surface area contributed by atoms with E-state index in [0.717, 1.165) is 0 Å². The Bertz CT molecular complexity index is 460. The van der Waals surface area contributed by atoms with Crippen molar-refractivity contribution in [2.75, 3.05) is 12.4 Å². The second-order valence-electron chi connectivity index (χ2n) is 5.76. The molecular weight excluding hydrogens is 449 g/mol. The highest BCUT2D eigenvalue weighted by Crippen LogP contribution is 2.05. The Kier molecular flexibility index (Phi) is 12.0. The quantitative estimate of drug-likeness (QED) is 0.181. The van der Waals surface area contributed by atoms with Crippen LogP contribution < -0.4 is 16.0 Å². The van der Waals surface area contributed by atoms with Crippen LogP contribution in [0.15, 0.2) is 0 Å². The number of halogens is 2. The summed E-state index contributed by atoms with van der Waals surface area (Å²) < 4.78 is -0.172. The Labute approximate surface area is 161 Å². The molecule has 0 spiro atoms. The van der Waals surface area contributed by atoms with Crippen LogP contribution in [0, 0.1) is 5.92 Å².